The maximum Gasteiger partial charge on any atom is 0.381 e. The molecule has 0 aromatic rings. The Balaban J connectivity index is 5.11. The maximum absolute atomic E-state index is 13.4. The second kappa shape index (κ2) is 28.4. The summed E-state index contributed by atoms with van der Waals surface area (Å²) in [6.07, 6.45) is 18.3. The summed E-state index contributed by atoms with van der Waals surface area (Å²) in [5.74, 6) is 0. The van der Waals surface area contributed by atoms with Crippen LogP contribution in [0.1, 0.15) is 117 Å². The molecule has 0 spiro atoms. The lowest BCUT2D eigenvalue weighted by Crippen LogP contribution is -2.59. The Morgan fingerprint density at radius 1 is 0.389 bits per heavy atom. The molecule has 0 rings (SSSR count). The highest BCUT2D eigenvalue weighted by molar-refractivity contribution is 7.79. The average molecular weight is 1000 g/mol. The minimum absolute atomic E-state index is 0.722. The van der Waals surface area contributed by atoms with E-state index in [1.807, 2.05) is 26.2 Å². The molecule has 2 radical (unpaired) electrons. The molecule has 0 atom stereocenters. The molecule has 0 aliphatic heterocycles. The second-order valence-electron chi connectivity index (χ2n) is 15.4. The standard InChI is InChI=1S/C26H60O13Si15/c1-9-11-13-15-17-19-21-23-25-52(3,4)38-40-41(27)42(28)43(29)44(30)45(31)46(32)47(33)48(34)49(35)50(36)51(37)54(7,8)39-53(5,6)26-24-22-20-18-16-14-12-10-2/h9-26H2,1-8H3. The van der Waals surface area contributed by atoms with Crippen molar-refractivity contribution in [2.75, 3.05) is 0 Å². The highest BCUT2D eigenvalue weighted by Gasteiger charge is 2.55. The van der Waals surface area contributed by atoms with Gasteiger partial charge in [0.1, 0.15) is 0 Å². The van der Waals surface area contributed by atoms with Crippen LogP contribution in [0, 0.1) is 0 Å². The Morgan fingerprint density at radius 3 is 1.06 bits per heavy atom. The van der Waals surface area contributed by atoms with Gasteiger partial charge in [-0.25, -0.2) is 0 Å². The van der Waals surface area contributed by atoms with Crippen molar-refractivity contribution in [3.05, 3.63) is 0 Å². The van der Waals surface area contributed by atoms with Crippen LogP contribution >= 0.6 is 0 Å². The predicted molar refractivity (Wildman–Crippen MR) is 226 cm³/mol. The van der Waals surface area contributed by atoms with Crippen molar-refractivity contribution in [2.45, 2.75) is 168 Å². The van der Waals surface area contributed by atoms with Crippen LogP contribution in [-0.2, 0) is 57.3 Å². The van der Waals surface area contributed by atoms with Crippen LogP contribution in [-0.4, -0.2) is 119 Å². The van der Waals surface area contributed by atoms with E-state index in [1.54, 1.807) is 13.1 Å². The first-order valence-electron chi connectivity index (χ1n) is 19.2. The van der Waals surface area contributed by atoms with Crippen LogP contribution in [0.15, 0.2) is 0 Å². The van der Waals surface area contributed by atoms with Gasteiger partial charge in [-0.05, 0) is 51.4 Å². The van der Waals surface area contributed by atoms with Crippen LogP contribution in [0.2, 0.25) is 51.4 Å². The molecule has 302 valence electrons. The van der Waals surface area contributed by atoms with E-state index in [2.05, 4.69) is 13.8 Å². The van der Waals surface area contributed by atoms with E-state index >= 15 is 0 Å². The van der Waals surface area contributed by atoms with Gasteiger partial charge in [0.15, 0.2) is 16.6 Å². The molecular formula is C26H60O13Si15. The lowest BCUT2D eigenvalue weighted by Gasteiger charge is -2.32. The fourth-order valence-corrected chi connectivity index (χ4v) is 153. The van der Waals surface area contributed by atoms with E-state index in [-0.39, 0.29) is 0 Å². The summed E-state index contributed by atoms with van der Waals surface area (Å²) in [4.78, 5) is 0. The molecule has 0 aliphatic carbocycles. The lowest BCUT2D eigenvalue weighted by atomic mass is 10.1. The monoisotopic (exact) mass is 1000 g/mol. The molecule has 0 amide bonds. The van der Waals surface area contributed by atoms with E-state index in [4.69, 9.17) is 8.23 Å². The Bertz CT molecular complexity index is 1440. The third-order valence-electron chi connectivity index (χ3n) is 8.83. The number of unbranched alkanes of at least 4 members (excludes halogenated alkanes) is 14. The van der Waals surface area contributed by atoms with E-state index < -0.39 is 119 Å². The lowest BCUT2D eigenvalue weighted by molar-refractivity contribution is 0.523. The van der Waals surface area contributed by atoms with Crippen molar-refractivity contribution < 1.29 is 57.3 Å². The van der Waals surface area contributed by atoms with E-state index in [0.29, 0.717) is 0 Å². The molecule has 0 fully saturated rings. The van der Waals surface area contributed by atoms with Crippen LogP contribution in [0.4, 0.5) is 0 Å². The van der Waals surface area contributed by atoms with Crippen LogP contribution in [0.3, 0.4) is 0 Å². The molecular weight excluding hydrogens is 942 g/mol. The molecule has 28 heteroatoms. The van der Waals surface area contributed by atoms with Crippen molar-refractivity contribution >= 4 is 119 Å². The van der Waals surface area contributed by atoms with Crippen molar-refractivity contribution in [1.29, 1.82) is 0 Å². The summed E-state index contributed by atoms with van der Waals surface area (Å²) in [5, 5.41) is 0. The minimum atomic E-state index is -3.99. The van der Waals surface area contributed by atoms with Crippen LogP contribution < -0.4 is 0 Å². The fourth-order valence-electron chi connectivity index (χ4n) is 5.64. The summed E-state index contributed by atoms with van der Waals surface area (Å²) in [6, 6.07) is 1.58. The van der Waals surface area contributed by atoms with Gasteiger partial charge < -0.3 is 57.3 Å². The summed E-state index contributed by atoms with van der Waals surface area (Å²) < 4.78 is 155. The van der Waals surface area contributed by atoms with Gasteiger partial charge >= 0.3 is 84.9 Å². The number of hydrogen-bond donors (Lipinski definition) is 0. The van der Waals surface area contributed by atoms with Gasteiger partial charge in [0.05, 0.1) is 0 Å². The van der Waals surface area contributed by atoms with Gasteiger partial charge in [-0.3, -0.25) is 0 Å². The van der Waals surface area contributed by atoms with Gasteiger partial charge in [0, 0.05) is 0 Å². The molecule has 0 unspecified atom stereocenters. The zero-order valence-electron chi connectivity index (χ0n) is 33.5. The Labute approximate surface area is 341 Å². The van der Waals surface area contributed by atoms with Gasteiger partial charge in [-0.2, -0.15) is 0 Å². The fraction of sp³-hybridized carbons (Fsp3) is 1.00. The zero-order valence-corrected chi connectivity index (χ0v) is 48.5. The molecule has 0 heterocycles. The summed E-state index contributed by atoms with van der Waals surface area (Å²) in [5.41, 5.74) is 0. The largest absolute Gasteiger partial charge is 0.454 e. The molecule has 54 heavy (non-hydrogen) atoms. The van der Waals surface area contributed by atoms with Crippen molar-refractivity contribution in [3.63, 3.8) is 0 Å². The van der Waals surface area contributed by atoms with Crippen molar-refractivity contribution in [3.8, 4) is 0 Å². The van der Waals surface area contributed by atoms with Crippen LogP contribution in [0.25, 0.3) is 0 Å². The summed E-state index contributed by atoms with van der Waals surface area (Å²) in [7, 11) is -49.3. The van der Waals surface area contributed by atoms with Crippen molar-refractivity contribution in [1.82, 2.24) is 0 Å². The first kappa shape index (κ1) is 55.0. The molecule has 0 aliphatic rings. The summed E-state index contributed by atoms with van der Waals surface area (Å²) >= 11 is 0. The summed E-state index contributed by atoms with van der Waals surface area (Å²) in [6.45, 7) is 15.3. The Kier molecular flexibility index (Phi) is 29.0. The van der Waals surface area contributed by atoms with Gasteiger partial charge in [-0.15, -0.1) is 0 Å². The molecule has 0 aromatic heterocycles. The topological polar surface area (TPSA) is 206 Å². The SMILES string of the molecule is CCCCCCCCCC[Si](C)(C)O[Si][Si](=O)[Si](=O)[Si](=O)[Si](=O)[Si](=O)[Si](=O)[Si](=O)[Si](=O)[Si](=O)[Si](=O)[Si](=O)[Si](C)(C)O[Si](C)(C)CCCCCCCCCC. The third kappa shape index (κ3) is 21.8. The number of rotatable bonds is 34. The predicted octanol–water partition coefficient (Wildman–Crippen LogP) is 4.54. The van der Waals surface area contributed by atoms with E-state index in [9.17, 15) is 49.1 Å². The minimum Gasteiger partial charge on any atom is -0.454 e. The smallest absolute Gasteiger partial charge is 0.381 e. The van der Waals surface area contributed by atoms with Crippen LogP contribution in [0.5, 0.6) is 0 Å². The Morgan fingerprint density at radius 2 is 0.685 bits per heavy atom. The van der Waals surface area contributed by atoms with Gasteiger partial charge in [0.25, 0.3) is 9.28 Å². The molecule has 0 saturated heterocycles. The molecule has 13 nitrogen and oxygen atoms in total. The highest BCUT2D eigenvalue weighted by Crippen LogP contribution is 2.22. The maximum atomic E-state index is 13.4. The van der Waals surface area contributed by atoms with E-state index in [1.165, 1.54) is 64.2 Å². The molecule has 0 aromatic carbocycles. The van der Waals surface area contributed by atoms with Gasteiger partial charge in [0.2, 0.25) is 7.83 Å². The number of hydrogen-bond acceptors (Lipinski definition) is 13. The van der Waals surface area contributed by atoms with E-state index in [0.717, 1.165) is 50.6 Å². The normalized spacial score (nSPS) is 11.9. The highest BCUT2D eigenvalue weighted by atomic mass is 30.1. The second-order valence-corrected chi connectivity index (χ2v) is 86.2. The molecule has 0 bridgehead atoms. The zero-order chi connectivity index (χ0) is 41.7. The average Bonchev–Trinajstić information content (AvgIpc) is 3.12. The quantitative estimate of drug-likeness (QED) is 0.0643. The molecule has 0 saturated carbocycles. The molecule has 0 N–H and O–H groups in total. The Hall–Kier alpha value is 0.973. The van der Waals surface area contributed by atoms with Crippen molar-refractivity contribution in [2.24, 2.45) is 0 Å². The first-order valence-corrected chi connectivity index (χ1v) is 56.7. The first-order chi connectivity index (χ1) is 25.1. The third-order valence-corrected chi connectivity index (χ3v) is 112. The van der Waals surface area contributed by atoms with Gasteiger partial charge in [-0.1, -0.05) is 117 Å².